The molecule has 0 saturated heterocycles. The standard InChI is InChI=1S/C12H12N2O3/c1-7-4-10-11(16-3-2-15-10)5-8(7)9-6-14-17-12(9)13/h4-6H,2-3,13H2,1H3. The summed E-state index contributed by atoms with van der Waals surface area (Å²) in [7, 11) is 0. The number of fused-ring (bicyclic) bond motifs is 1. The van der Waals surface area contributed by atoms with Crippen molar-refractivity contribution in [2.24, 2.45) is 0 Å². The maximum absolute atomic E-state index is 5.72. The van der Waals surface area contributed by atoms with Crippen LogP contribution in [0.5, 0.6) is 11.5 Å². The van der Waals surface area contributed by atoms with Gasteiger partial charge >= 0.3 is 0 Å². The highest BCUT2D eigenvalue weighted by Gasteiger charge is 2.17. The molecule has 0 bridgehead atoms. The van der Waals surface area contributed by atoms with Crippen LogP contribution in [0.3, 0.4) is 0 Å². The van der Waals surface area contributed by atoms with Gasteiger partial charge in [-0.15, -0.1) is 0 Å². The van der Waals surface area contributed by atoms with Gasteiger partial charge in [0.2, 0.25) is 5.88 Å². The summed E-state index contributed by atoms with van der Waals surface area (Å²) < 4.78 is 15.9. The highest BCUT2D eigenvalue weighted by Crippen LogP contribution is 2.38. The molecule has 2 N–H and O–H groups in total. The van der Waals surface area contributed by atoms with E-state index in [1.54, 1.807) is 6.20 Å². The van der Waals surface area contributed by atoms with Crippen molar-refractivity contribution in [1.82, 2.24) is 5.16 Å². The molecule has 0 saturated carbocycles. The fourth-order valence-electron chi connectivity index (χ4n) is 1.93. The molecule has 1 aromatic carbocycles. The van der Waals surface area contributed by atoms with Crippen molar-refractivity contribution in [2.45, 2.75) is 6.92 Å². The van der Waals surface area contributed by atoms with E-state index in [1.165, 1.54) is 0 Å². The van der Waals surface area contributed by atoms with Crippen molar-refractivity contribution in [3.63, 3.8) is 0 Å². The van der Waals surface area contributed by atoms with E-state index in [0.29, 0.717) is 19.1 Å². The van der Waals surface area contributed by atoms with Gasteiger partial charge in [-0.05, 0) is 30.2 Å². The van der Waals surface area contributed by atoms with Crippen LogP contribution < -0.4 is 15.2 Å². The van der Waals surface area contributed by atoms with Gasteiger partial charge in [0.15, 0.2) is 11.5 Å². The third-order valence-electron chi connectivity index (χ3n) is 2.78. The van der Waals surface area contributed by atoms with Gasteiger partial charge in [0.05, 0.1) is 11.8 Å². The molecule has 0 fully saturated rings. The number of hydrogen-bond acceptors (Lipinski definition) is 5. The van der Waals surface area contributed by atoms with Crippen molar-refractivity contribution in [3.05, 3.63) is 23.9 Å². The van der Waals surface area contributed by atoms with Crippen LogP contribution in [0, 0.1) is 6.92 Å². The smallest absolute Gasteiger partial charge is 0.229 e. The molecule has 3 rings (SSSR count). The molecule has 5 heteroatoms. The van der Waals surface area contributed by atoms with Crippen LogP contribution in [0.25, 0.3) is 11.1 Å². The van der Waals surface area contributed by atoms with E-state index in [-0.39, 0.29) is 0 Å². The van der Waals surface area contributed by atoms with Crippen LogP contribution in [-0.2, 0) is 0 Å². The zero-order chi connectivity index (χ0) is 11.8. The van der Waals surface area contributed by atoms with E-state index >= 15 is 0 Å². The molecule has 0 unspecified atom stereocenters. The van der Waals surface area contributed by atoms with Crippen LogP contribution in [0.15, 0.2) is 22.9 Å². The van der Waals surface area contributed by atoms with Gasteiger partial charge in [-0.25, -0.2) is 0 Å². The van der Waals surface area contributed by atoms with Crippen molar-refractivity contribution in [1.29, 1.82) is 0 Å². The molecule has 0 aliphatic carbocycles. The van der Waals surface area contributed by atoms with E-state index in [2.05, 4.69) is 5.16 Å². The van der Waals surface area contributed by atoms with Gasteiger partial charge in [0.1, 0.15) is 13.2 Å². The van der Waals surface area contributed by atoms with Crippen molar-refractivity contribution in [3.8, 4) is 22.6 Å². The minimum absolute atomic E-state index is 0.310. The SMILES string of the molecule is Cc1cc2c(cc1-c1cnoc1N)OCCO2. The molecule has 88 valence electrons. The fraction of sp³-hybridized carbons (Fsp3) is 0.250. The second-order valence-electron chi connectivity index (χ2n) is 3.91. The predicted octanol–water partition coefficient (Wildman–Crippen LogP) is 2.00. The summed E-state index contributed by atoms with van der Waals surface area (Å²) in [5.41, 5.74) is 8.49. The maximum atomic E-state index is 5.72. The first kappa shape index (κ1) is 10.0. The summed E-state index contributed by atoms with van der Waals surface area (Å²) in [5, 5.41) is 3.68. The first-order valence-corrected chi connectivity index (χ1v) is 5.36. The molecule has 2 heterocycles. The number of nitrogens with two attached hydrogens (primary N) is 1. The number of aromatic nitrogens is 1. The van der Waals surface area contributed by atoms with Gasteiger partial charge in [-0.3, -0.25) is 0 Å². The molecule has 5 nitrogen and oxygen atoms in total. The fourth-order valence-corrected chi connectivity index (χ4v) is 1.93. The van der Waals surface area contributed by atoms with Crippen LogP contribution in [0.2, 0.25) is 0 Å². The van der Waals surface area contributed by atoms with Crippen LogP contribution in [-0.4, -0.2) is 18.4 Å². The van der Waals surface area contributed by atoms with Crippen LogP contribution >= 0.6 is 0 Å². The molecular formula is C12H12N2O3. The Bertz CT molecular complexity index is 563. The Morgan fingerprint density at radius 1 is 1.12 bits per heavy atom. The highest BCUT2D eigenvalue weighted by atomic mass is 16.6. The number of rotatable bonds is 1. The van der Waals surface area contributed by atoms with Gasteiger partial charge in [0, 0.05) is 0 Å². The Morgan fingerprint density at radius 3 is 2.47 bits per heavy atom. The number of aryl methyl sites for hydroxylation is 1. The number of hydrogen-bond donors (Lipinski definition) is 1. The second-order valence-corrected chi connectivity index (χ2v) is 3.91. The number of benzene rings is 1. The average Bonchev–Trinajstić information content (AvgIpc) is 2.74. The monoisotopic (exact) mass is 232 g/mol. The summed E-state index contributed by atoms with van der Waals surface area (Å²) in [4.78, 5) is 0. The second kappa shape index (κ2) is 3.69. The normalized spacial score (nSPS) is 13.7. The molecule has 2 aromatic rings. The van der Waals surface area contributed by atoms with Crippen LogP contribution in [0.4, 0.5) is 5.88 Å². The molecular weight excluding hydrogens is 220 g/mol. The Kier molecular flexibility index (Phi) is 2.18. The zero-order valence-corrected chi connectivity index (χ0v) is 9.40. The van der Waals surface area contributed by atoms with Gasteiger partial charge in [0.25, 0.3) is 0 Å². The van der Waals surface area contributed by atoms with Crippen molar-refractivity contribution in [2.75, 3.05) is 18.9 Å². The molecule has 1 aromatic heterocycles. The molecule has 1 aliphatic rings. The summed E-state index contributed by atoms with van der Waals surface area (Å²) in [6.07, 6.45) is 1.60. The van der Waals surface area contributed by atoms with Gasteiger partial charge in [-0.1, -0.05) is 5.16 Å². The average molecular weight is 232 g/mol. The molecule has 0 spiro atoms. The molecule has 1 aliphatic heterocycles. The minimum atomic E-state index is 0.310. The lowest BCUT2D eigenvalue weighted by Gasteiger charge is -2.20. The lowest BCUT2D eigenvalue weighted by molar-refractivity contribution is 0.171. The van der Waals surface area contributed by atoms with E-state index in [0.717, 1.165) is 28.2 Å². The summed E-state index contributed by atoms with van der Waals surface area (Å²) in [6, 6.07) is 3.85. The van der Waals surface area contributed by atoms with E-state index < -0.39 is 0 Å². The topological polar surface area (TPSA) is 70.5 Å². The Labute approximate surface area is 98.1 Å². The number of anilines is 1. The minimum Gasteiger partial charge on any atom is -0.486 e. The largest absolute Gasteiger partial charge is 0.486 e. The first-order valence-electron chi connectivity index (χ1n) is 5.36. The molecule has 0 amide bonds. The van der Waals surface area contributed by atoms with Crippen molar-refractivity contribution < 1.29 is 14.0 Å². The number of ether oxygens (including phenoxy) is 2. The Hall–Kier alpha value is -2.17. The first-order chi connectivity index (χ1) is 8.25. The summed E-state index contributed by atoms with van der Waals surface area (Å²) in [6.45, 7) is 3.13. The number of nitrogen functional groups attached to an aromatic ring is 1. The Morgan fingerprint density at radius 2 is 1.82 bits per heavy atom. The zero-order valence-electron chi connectivity index (χ0n) is 9.40. The molecule has 0 atom stereocenters. The van der Waals surface area contributed by atoms with Crippen molar-refractivity contribution >= 4 is 5.88 Å². The quantitative estimate of drug-likeness (QED) is 0.814. The lowest BCUT2D eigenvalue weighted by Crippen LogP contribution is -2.15. The lowest BCUT2D eigenvalue weighted by atomic mass is 10.0. The Balaban J connectivity index is 2.15. The third kappa shape index (κ3) is 1.60. The van der Waals surface area contributed by atoms with E-state index in [9.17, 15) is 0 Å². The summed E-state index contributed by atoms with van der Waals surface area (Å²) >= 11 is 0. The van der Waals surface area contributed by atoms with Gasteiger partial charge < -0.3 is 19.7 Å². The summed E-state index contributed by atoms with van der Waals surface area (Å²) in [5.74, 6) is 1.81. The van der Waals surface area contributed by atoms with E-state index in [1.807, 2.05) is 19.1 Å². The highest BCUT2D eigenvalue weighted by molar-refractivity contribution is 5.77. The molecule has 17 heavy (non-hydrogen) atoms. The van der Waals surface area contributed by atoms with Gasteiger partial charge in [-0.2, -0.15) is 0 Å². The third-order valence-corrected chi connectivity index (χ3v) is 2.78. The molecule has 0 radical (unpaired) electrons. The van der Waals surface area contributed by atoms with Crippen LogP contribution in [0.1, 0.15) is 5.56 Å². The maximum Gasteiger partial charge on any atom is 0.229 e. The predicted molar refractivity (Wildman–Crippen MR) is 62.1 cm³/mol. The number of nitrogens with zero attached hydrogens (tertiary/aromatic N) is 1. The van der Waals surface area contributed by atoms with E-state index in [4.69, 9.17) is 19.7 Å².